The maximum atomic E-state index is 11.4. The highest BCUT2D eigenvalue weighted by molar-refractivity contribution is 5.93. The number of rotatable bonds is 1. The molecule has 0 aromatic heterocycles. The highest BCUT2D eigenvalue weighted by Crippen LogP contribution is 2.49. The van der Waals surface area contributed by atoms with Crippen LogP contribution in [0, 0.1) is 11.8 Å². The molecule has 0 saturated carbocycles. The number of hydrogen-bond acceptors (Lipinski definition) is 1. The van der Waals surface area contributed by atoms with E-state index in [0.717, 1.165) is 5.57 Å². The molecular weight excluding hydrogens is 236 g/mol. The predicted molar refractivity (Wildman–Crippen MR) is 73.3 cm³/mol. The van der Waals surface area contributed by atoms with Crippen molar-refractivity contribution >= 4 is 5.97 Å². The van der Waals surface area contributed by atoms with Gasteiger partial charge in [-0.3, -0.25) is 0 Å². The lowest BCUT2D eigenvalue weighted by molar-refractivity contribution is -0.132. The van der Waals surface area contributed by atoms with Crippen LogP contribution in [0.1, 0.15) is 0 Å². The first-order valence-corrected chi connectivity index (χ1v) is 6.39. The smallest absolute Gasteiger partial charge is 0.335 e. The lowest BCUT2D eigenvalue weighted by Gasteiger charge is -2.39. The third-order valence-electron chi connectivity index (χ3n) is 4.23. The predicted octanol–water partition coefficient (Wildman–Crippen LogP) is 3.10. The van der Waals surface area contributed by atoms with E-state index in [0.29, 0.717) is 5.57 Å². The molecule has 0 bridgehead atoms. The zero-order valence-corrected chi connectivity index (χ0v) is 10.2. The van der Waals surface area contributed by atoms with Gasteiger partial charge in [-0.15, -0.1) is 0 Å². The van der Waals surface area contributed by atoms with Crippen molar-refractivity contribution in [3.05, 3.63) is 82.5 Å². The van der Waals surface area contributed by atoms with E-state index in [4.69, 9.17) is 0 Å². The van der Waals surface area contributed by atoms with Crippen molar-refractivity contribution in [1.29, 1.82) is 0 Å². The largest absolute Gasteiger partial charge is 0.478 e. The van der Waals surface area contributed by atoms with Crippen LogP contribution in [0.4, 0.5) is 0 Å². The molecule has 0 fully saturated rings. The second kappa shape index (κ2) is 3.58. The highest BCUT2D eigenvalue weighted by Gasteiger charge is 2.38. The summed E-state index contributed by atoms with van der Waals surface area (Å²) in [5.74, 6) is -0.397. The van der Waals surface area contributed by atoms with Gasteiger partial charge < -0.3 is 5.11 Å². The summed E-state index contributed by atoms with van der Waals surface area (Å²) in [6, 6.07) is 0. The van der Waals surface area contributed by atoms with Gasteiger partial charge in [0, 0.05) is 11.8 Å². The minimum Gasteiger partial charge on any atom is -0.478 e. The van der Waals surface area contributed by atoms with Gasteiger partial charge in [0.1, 0.15) is 0 Å². The Morgan fingerprint density at radius 3 is 2.32 bits per heavy atom. The first-order valence-electron chi connectivity index (χ1n) is 6.39. The average molecular weight is 248 g/mol. The van der Waals surface area contributed by atoms with Crippen molar-refractivity contribution in [2.45, 2.75) is 0 Å². The molecule has 0 saturated heterocycles. The molecule has 1 N–H and O–H groups in total. The van der Waals surface area contributed by atoms with Crippen LogP contribution in [0.3, 0.4) is 0 Å². The van der Waals surface area contributed by atoms with Gasteiger partial charge in [-0.25, -0.2) is 4.79 Å². The van der Waals surface area contributed by atoms with Crippen molar-refractivity contribution in [2.75, 3.05) is 0 Å². The molecule has 2 heteroatoms. The maximum absolute atomic E-state index is 11.4. The van der Waals surface area contributed by atoms with E-state index >= 15 is 0 Å². The summed E-state index contributed by atoms with van der Waals surface area (Å²) in [4.78, 5) is 11.4. The molecule has 0 heterocycles. The number of allylic oxidation sites excluding steroid dienone is 12. The topological polar surface area (TPSA) is 37.3 Å². The Labute approximate surface area is 111 Å². The van der Waals surface area contributed by atoms with E-state index in [2.05, 4.69) is 36.5 Å². The summed E-state index contributed by atoms with van der Waals surface area (Å²) in [7, 11) is 0. The van der Waals surface area contributed by atoms with Crippen LogP contribution in [0.2, 0.25) is 0 Å². The molecule has 4 aliphatic rings. The molecule has 2 unspecified atom stereocenters. The standard InChI is InChI=1S/C17H12O2/c18-17(19)14-9-7-12-5-4-10-2-1-3-11-6-8-13(14)16(12)15(10)11/h1-9,15-16H,(H,18,19). The molecule has 2 atom stereocenters. The number of carboxylic acid groups (broad SMARTS) is 1. The number of hydrogen-bond donors (Lipinski definition) is 1. The van der Waals surface area contributed by atoms with Crippen molar-refractivity contribution in [1.82, 2.24) is 0 Å². The van der Waals surface area contributed by atoms with E-state index in [1.54, 1.807) is 6.08 Å². The molecule has 0 radical (unpaired) electrons. The fourth-order valence-corrected chi connectivity index (χ4v) is 3.40. The summed E-state index contributed by atoms with van der Waals surface area (Å²) < 4.78 is 0. The SMILES string of the molecule is O=C(O)C1=C2C=CC3=CC=CC4=CC=C(C=C1)C2C34. The Hall–Kier alpha value is -2.35. The van der Waals surface area contributed by atoms with Gasteiger partial charge in [0.05, 0.1) is 5.57 Å². The lowest BCUT2D eigenvalue weighted by Crippen LogP contribution is -2.30. The zero-order chi connectivity index (χ0) is 13.0. The first kappa shape index (κ1) is 10.6. The minimum atomic E-state index is -0.843. The molecule has 0 aliphatic heterocycles. The monoisotopic (exact) mass is 248 g/mol. The molecule has 92 valence electrons. The van der Waals surface area contributed by atoms with E-state index in [1.165, 1.54) is 16.7 Å². The van der Waals surface area contributed by atoms with Crippen LogP contribution in [0.25, 0.3) is 0 Å². The van der Waals surface area contributed by atoms with Gasteiger partial charge in [0.25, 0.3) is 0 Å². The zero-order valence-electron chi connectivity index (χ0n) is 10.2. The Morgan fingerprint density at radius 2 is 1.53 bits per heavy atom. The van der Waals surface area contributed by atoms with Gasteiger partial charge >= 0.3 is 5.97 Å². The number of carbonyl (C=O) groups is 1. The van der Waals surface area contributed by atoms with Gasteiger partial charge in [0.2, 0.25) is 0 Å². The van der Waals surface area contributed by atoms with Gasteiger partial charge in [-0.05, 0) is 28.4 Å². The Bertz CT molecular complexity index is 706. The summed E-state index contributed by atoms with van der Waals surface area (Å²) >= 11 is 0. The van der Waals surface area contributed by atoms with Gasteiger partial charge in [-0.1, -0.05) is 48.6 Å². The van der Waals surface area contributed by atoms with Crippen LogP contribution >= 0.6 is 0 Å². The maximum Gasteiger partial charge on any atom is 0.335 e. The average Bonchev–Trinajstić information content (AvgIpc) is 2.44. The first-order chi connectivity index (χ1) is 9.25. The summed E-state index contributed by atoms with van der Waals surface area (Å²) in [5.41, 5.74) is 5.11. The second-order valence-corrected chi connectivity index (χ2v) is 5.16. The Morgan fingerprint density at radius 1 is 0.842 bits per heavy atom. The highest BCUT2D eigenvalue weighted by atomic mass is 16.4. The van der Waals surface area contributed by atoms with E-state index in [9.17, 15) is 9.90 Å². The van der Waals surface area contributed by atoms with Crippen molar-refractivity contribution in [3.63, 3.8) is 0 Å². The molecule has 0 spiro atoms. The number of carboxylic acids is 1. The van der Waals surface area contributed by atoms with Crippen molar-refractivity contribution in [2.24, 2.45) is 11.8 Å². The third-order valence-corrected chi connectivity index (χ3v) is 4.23. The molecule has 4 rings (SSSR count). The fraction of sp³-hybridized carbons (Fsp3) is 0.118. The lowest BCUT2D eigenvalue weighted by atomic mass is 9.63. The van der Waals surface area contributed by atoms with Crippen LogP contribution in [-0.4, -0.2) is 11.1 Å². The minimum absolute atomic E-state index is 0.164. The molecule has 4 aliphatic carbocycles. The van der Waals surface area contributed by atoms with Gasteiger partial charge in [-0.2, -0.15) is 0 Å². The molecule has 0 aromatic carbocycles. The quantitative estimate of drug-likeness (QED) is 0.774. The van der Waals surface area contributed by atoms with E-state index < -0.39 is 5.97 Å². The Kier molecular flexibility index (Phi) is 1.99. The molecule has 19 heavy (non-hydrogen) atoms. The fourth-order valence-electron chi connectivity index (χ4n) is 3.40. The van der Waals surface area contributed by atoms with E-state index in [1.807, 2.05) is 12.2 Å². The van der Waals surface area contributed by atoms with Gasteiger partial charge in [0.15, 0.2) is 0 Å². The van der Waals surface area contributed by atoms with Crippen LogP contribution in [-0.2, 0) is 4.79 Å². The van der Waals surface area contributed by atoms with Crippen LogP contribution in [0.15, 0.2) is 82.5 Å². The van der Waals surface area contributed by atoms with Crippen molar-refractivity contribution in [3.8, 4) is 0 Å². The van der Waals surface area contributed by atoms with Crippen molar-refractivity contribution < 1.29 is 9.90 Å². The number of aliphatic carboxylic acids is 1. The molecule has 2 nitrogen and oxygen atoms in total. The molecule has 0 aromatic rings. The molecular formula is C17H12O2. The summed E-state index contributed by atoms with van der Waals surface area (Å²) in [6.07, 6.45) is 18.2. The normalized spacial score (nSPS) is 29.6. The summed E-state index contributed by atoms with van der Waals surface area (Å²) in [6.45, 7) is 0. The van der Waals surface area contributed by atoms with Crippen LogP contribution < -0.4 is 0 Å². The third kappa shape index (κ3) is 1.34. The van der Waals surface area contributed by atoms with Crippen LogP contribution in [0.5, 0.6) is 0 Å². The second-order valence-electron chi connectivity index (χ2n) is 5.16. The van der Waals surface area contributed by atoms with E-state index in [-0.39, 0.29) is 11.8 Å². The molecule has 0 amide bonds. The Balaban J connectivity index is 2.00. The summed E-state index contributed by atoms with van der Waals surface area (Å²) in [5, 5.41) is 9.34.